The molecule has 1 aromatic rings. The lowest BCUT2D eigenvalue weighted by Gasteiger charge is -2.45. The summed E-state index contributed by atoms with van der Waals surface area (Å²) in [5.74, 6) is 0.0715. The number of benzene rings is 1. The number of aliphatic hydroxyl groups excluding tert-OH is 8. The lowest BCUT2D eigenvalue weighted by Crippen LogP contribution is -2.64. The van der Waals surface area contributed by atoms with E-state index in [2.05, 4.69) is 0 Å². The van der Waals surface area contributed by atoms with Crippen molar-refractivity contribution in [2.75, 3.05) is 19.8 Å². The number of nitrogens with zero attached hydrogens (tertiary/aromatic N) is 1. The van der Waals surface area contributed by atoms with E-state index in [9.17, 15) is 51.0 Å². The van der Waals surface area contributed by atoms with Crippen molar-refractivity contribution in [3.8, 4) is 5.75 Å². The van der Waals surface area contributed by atoms with Gasteiger partial charge in [-0.25, -0.2) is 0 Å². The van der Waals surface area contributed by atoms with E-state index in [1.54, 1.807) is 0 Å². The topological polar surface area (TPSA) is 260 Å². The summed E-state index contributed by atoms with van der Waals surface area (Å²) in [6.07, 6.45) is -20.0. The van der Waals surface area contributed by atoms with Crippen molar-refractivity contribution in [2.24, 2.45) is 0 Å². The highest BCUT2D eigenvalue weighted by Gasteiger charge is 2.50. The van der Waals surface area contributed by atoms with Crippen LogP contribution in [0.25, 0.3) is 0 Å². The molecule has 0 radical (unpaired) electrons. The molecule has 17 heteroatoms. The fraction of sp³-hybridized carbons (Fsp3) is 0.727. The van der Waals surface area contributed by atoms with Crippen LogP contribution < -0.4 is 4.74 Å². The number of non-ortho nitro benzene ring substituents is 1. The van der Waals surface area contributed by atoms with Crippen molar-refractivity contribution < 1.29 is 74.2 Å². The molecule has 3 aliphatic rings. The second kappa shape index (κ2) is 12.6. The van der Waals surface area contributed by atoms with Gasteiger partial charge in [0.2, 0.25) is 6.29 Å². The Morgan fingerprint density at radius 1 is 0.795 bits per heavy atom. The first kappa shape index (κ1) is 29.9. The summed E-state index contributed by atoms with van der Waals surface area (Å²) in [6, 6.07) is 4.83. The Kier molecular flexibility index (Phi) is 9.65. The number of hydrogen-bond donors (Lipinski definition) is 8. The summed E-state index contributed by atoms with van der Waals surface area (Å²) in [6.45, 7) is -1.48. The highest BCUT2D eigenvalue weighted by Crippen LogP contribution is 2.30. The molecule has 4 rings (SSSR count). The van der Waals surface area contributed by atoms with E-state index in [-0.39, 0.29) is 18.0 Å². The smallest absolute Gasteiger partial charge is 0.269 e. The number of nitro benzene ring substituents is 1. The van der Waals surface area contributed by atoms with E-state index in [1.165, 1.54) is 12.1 Å². The van der Waals surface area contributed by atoms with E-state index >= 15 is 0 Å². The molecule has 0 unspecified atom stereocenters. The number of aliphatic hydroxyl groups is 8. The van der Waals surface area contributed by atoms with Gasteiger partial charge in [0.1, 0.15) is 66.8 Å². The number of hydrogen-bond acceptors (Lipinski definition) is 16. The zero-order valence-corrected chi connectivity index (χ0v) is 20.2. The van der Waals surface area contributed by atoms with Crippen LogP contribution in [0.3, 0.4) is 0 Å². The normalized spacial score (nSPS) is 43.1. The number of ether oxygens (including phenoxy) is 6. The first-order chi connectivity index (χ1) is 18.5. The summed E-state index contributed by atoms with van der Waals surface area (Å²) in [5, 5.41) is 92.3. The summed E-state index contributed by atoms with van der Waals surface area (Å²) in [5.41, 5.74) is -0.200. The van der Waals surface area contributed by atoms with E-state index in [0.29, 0.717) is 0 Å². The Hall–Kier alpha value is -2.10. The van der Waals surface area contributed by atoms with E-state index in [0.717, 1.165) is 12.1 Å². The van der Waals surface area contributed by atoms with Gasteiger partial charge >= 0.3 is 0 Å². The van der Waals surface area contributed by atoms with Crippen LogP contribution in [0.1, 0.15) is 0 Å². The minimum Gasteiger partial charge on any atom is -0.462 e. The Morgan fingerprint density at radius 2 is 1.38 bits per heavy atom. The van der Waals surface area contributed by atoms with E-state index < -0.39 is 98.0 Å². The summed E-state index contributed by atoms with van der Waals surface area (Å²) < 4.78 is 32.5. The Morgan fingerprint density at radius 3 is 2.03 bits per heavy atom. The molecule has 220 valence electrons. The predicted molar refractivity (Wildman–Crippen MR) is 121 cm³/mol. The van der Waals surface area contributed by atoms with Gasteiger partial charge in [-0.3, -0.25) is 10.1 Å². The molecular formula is C22H31NO16. The predicted octanol–water partition coefficient (Wildman–Crippen LogP) is -4.30. The molecule has 13 atom stereocenters. The number of nitro groups is 1. The second-order valence-corrected chi connectivity index (χ2v) is 9.28. The molecule has 3 heterocycles. The molecular weight excluding hydrogens is 534 g/mol. The monoisotopic (exact) mass is 565 g/mol. The SMILES string of the molecule is O=[N+]([O-])c1ccc(O[C@@H]2O[C@H](CO)[C@@H](O[C@@H]3OC[C@@H](O[C@@H]4OC[C@@H](O)[C@H](O)[C@H]4O)[C@H](O)[C@H]3O)[C@H](O)[C@H]2O)cc1. The lowest BCUT2D eigenvalue weighted by atomic mass is 9.98. The summed E-state index contributed by atoms with van der Waals surface area (Å²) in [4.78, 5) is 10.2. The van der Waals surface area contributed by atoms with Gasteiger partial charge in [-0.15, -0.1) is 0 Å². The minimum atomic E-state index is -1.78. The maximum atomic E-state index is 10.8. The third-order valence-electron chi connectivity index (χ3n) is 6.61. The second-order valence-electron chi connectivity index (χ2n) is 9.28. The molecule has 39 heavy (non-hydrogen) atoms. The molecule has 0 spiro atoms. The van der Waals surface area contributed by atoms with Gasteiger partial charge in [-0.05, 0) is 12.1 Å². The van der Waals surface area contributed by atoms with Gasteiger partial charge in [-0.1, -0.05) is 0 Å². The molecule has 17 nitrogen and oxygen atoms in total. The third-order valence-corrected chi connectivity index (χ3v) is 6.61. The standard InChI is InChI=1S/C22H31NO16/c24-5-11-19(15(28)18(31)22(37-11)36-9-3-1-8(2-4-9)23(32)33)39-21-17(30)14(27)12(7-35-21)38-20-16(29)13(26)10(25)6-34-20/h1-4,10-22,24-31H,5-7H2/t10-,11-,12-,13+,14+,15-,16-,17-,18-,19-,20+,21+,22-/m1/s1. The molecule has 0 amide bonds. The van der Waals surface area contributed by atoms with Crippen molar-refractivity contribution >= 4 is 5.69 Å². The van der Waals surface area contributed by atoms with Crippen LogP contribution >= 0.6 is 0 Å². The lowest BCUT2D eigenvalue weighted by molar-refractivity contribution is -0.384. The fourth-order valence-electron chi connectivity index (χ4n) is 4.33. The van der Waals surface area contributed by atoms with Crippen LogP contribution in [0.5, 0.6) is 5.75 Å². The summed E-state index contributed by atoms with van der Waals surface area (Å²) >= 11 is 0. The quantitative estimate of drug-likeness (QED) is 0.109. The first-order valence-electron chi connectivity index (χ1n) is 12.0. The van der Waals surface area contributed by atoms with Gasteiger partial charge in [0.15, 0.2) is 12.6 Å². The molecule has 3 fully saturated rings. The summed E-state index contributed by atoms with van der Waals surface area (Å²) in [7, 11) is 0. The molecule has 3 aliphatic heterocycles. The van der Waals surface area contributed by atoms with Crippen LogP contribution in [0, 0.1) is 10.1 Å². The molecule has 3 saturated heterocycles. The maximum Gasteiger partial charge on any atom is 0.269 e. The van der Waals surface area contributed by atoms with Crippen LogP contribution in [0.2, 0.25) is 0 Å². The zero-order chi connectivity index (χ0) is 28.4. The number of rotatable bonds is 8. The average molecular weight is 565 g/mol. The van der Waals surface area contributed by atoms with Crippen molar-refractivity contribution in [1.82, 2.24) is 0 Å². The molecule has 8 N–H and O–H groups in total. The Bertz CT molecular complexity index is 950. The van der Waals surface area contributed by atoms with Gasteiger partial charge in [-0.2, -0.15) is 0 Å². The van der Waals surface area contributed by atoms with Gasteiger partial charge in [0.25, 0.3) is 5.69 Å². The van der Waals surface area contributed by atoms with Gasteiger partial charge in [0.05, 0.1) is 24.7 Å². The molecule has 0 bridgehead atoms. The van der Waals surface area contributed by atoms with E-state index in [1.807, 2.05) is 0 Å². The fourth-order valence-corrected chi connectivity index (χ4v) is 4.33. The van der Waals surface area contributed by atoms with Gasteiger partial charge < -0.3 is 69.3 Å². The highest BCUT2D eigenvalue weighted by molar-refractivity contribution is 5.36. The molecule has 1 aromatic carbocycles. The largest absolute Gasteiger partial charge is 0.462 e. The Balaban J connectivity index is 1.35. The van der Waals surface area contributed by atoms with Crippen LogP contribution in [-0.4, -0.2) is 146 Å². The van der Waals surface area contributed by atoms with E-state index in [4.69, 9.17) is 28.4 Å². The minimum absolute atomic E-state index is 0.0715. The maximum absolute atomic E-state index is 10.8. The van der Waals surface area contributed by atoms with Crippen molar-refractivity contribution in [2.45, 2.75) is 79.9 Å². The van der Waals surface area contributed by atoms with Crippen molar-refractivity contribution in [1.29, 1.82) is 0 Å². The van der Waals surface area contributed by atoms with Crippen LogP contribution in [-0.2, 0) is 23.7 Å². The van der Waals surface area contributed by atoms with Crippen molar-refractivity contribution in [3.05, 3.63) is 34.4 Å². The third kappa shape index (κ3) is 6.46. The molecule has 0 aromatic heterocycles. The molecule has 0 aliphatic carbocycles. The first-order valence-corrected chi connectivity index (χ1v) is 12.0. The Labute approximate surface area is 220 Å². The van der Waals surface area contributed by atoms with Crippen molar-refractivity contribution in [3.63, 3.8) is 0 Å². The highest BCUT2D eigenvalue weighted by atomic mass is 16.8. The molecule has 0 saturated carbocycles. The van der Waals surface area contributed by atoms with Crippen LogP contribution in [0.15, 0.2) is 24.3 Å². The average Bonchev–Trinajstić information content (AvgIpc) is 2.92. The zero-order valence-electron chi connectivity index (χ0n) is 20.2. The van der Waals surface area contributed by atoms with Gasteiger partial charge in [0, 0.05) is 12.1 Å². The van der Waals surface area contributed by atoms with Crippen LogP contribution in [0.4, 0.5) is 5.69 Å².